The van der Waals surface area contributed by atoms with E-state index in [1.54, 1.807) is 28.1 Å². The number of para-hydroxylation sites is 1. The zero-order valence-electron chi connectivity index (χ0n) is 16.5. The summed E-state index contributed by atoms with van der Waals surface area (Å²) < 4.78 is 0. The smallest absolute Gasteiger partial charge is 0.295 e. The van der Waals surface area contributed by atoms with Crippen LogP contribution in [0.15, 0.2) is 54.7 Å². The lowest BCUT2D eigenvalue weighted by atomic mass is 10.0. The van der Waals surface area contributed by atoms with Crippen LogP contribution in [0.3, 0.4) is 0 Å². The number of aromatic amines is 1. The second-order valence-corrected chi connectivity index (χ2v) is 7.49. The van der Waals surface area contributed by atoms with Crippen molar-refractivity contribution in [3.8, 4) is 0 Å². The van der Waals surface area contributed by atoms with Crippen LogP contribution in [0.1, 0.15) is 33.2 Å². The van der Waals surface area contributed by atoms with Crippen LogP contribution in [0.4, 0.5) is 0 Å². The molecule has 4 rings (SSSR count). The van der Waals surface area contributed by atoms with Gasteiger partial charge in [-0.2, -0.15) is 0 Å². The molecule has 29 heavy (non-hydrogen) atoms. The fraction of sp³-hybridized carbons (Fsp3) is 0.261. The maximum Gasteiger partial charge on any atom is 0.295 e. The molecule has 3 aromatic rings. The molecule has 1 N–H and O–H groups in total. The minimum absolute atomic E-state index is 0.0528. The van der Waals surface area contributed by atoms with Gasteiger partial charge in [-0.3, -0.25) is 14.4 Å². The van der Waals surface area contributed by atoms with Gasteiger partial charge in [-0.1, -0.05) is 36.4 Å². The SMILES string of the molecule is Cc1cccc2c(C(=O)C(=O)N3CCN(C(=O)c4ccccc4)C[C@H]3C)c[nH]c12. The highest BCUT2D eigenvalue weighted by molar-refractivity contribution is 6.45. The van der Waals surface area contributed by atoms with Crippen LogP contribution in [0.2, 0.25) is 0 Å². The monoisotopic (exact) mass is 389 g/mol. The molecule has 1 aliphatic rings. The van der Waals surface area contributed by atoms with Gasteiger partial charge in [-0.25, -0.2) is 0 Å². The van der Waals surface area contributed by atoms with Crippen molar-refractivity contribution in [1.29, 1.82) is 0 Å². The van der Waals surface area contributed by atoms with Gasteiger partial charge >= 0.3 is 0 Å². The highest BCUT2D eigenvalue weighted by atomic mass is 16.2. The van der Waals surface area contributed by atoms with E-state index in [-0.39, 0.29) is 11.9 Å². The first-order chi connectivity index (χ1) is 14.0. The number of H-pyrrole nitrogens is 1. The molecule has 0 radical (unpaired) electrons. The number of ketones is 1. The number of aryl methyl sites for hydroxylation is 1. The number of nitrogens with one attached hydrogen (secondary N) is 1. The normalized spacial score (nSPS) is 16.8. The number of piperazine rings is 1. The molecular weight excluding hydrogens is 366 g/mol. The topological polar surface area (TPSA) is 73.5 Å². The van der Waals surface area contributed by atoms with Crippen molar-refractivity contribution in [3.05, 3.63) is 71.4 Å². The van der Waals surface area contributed by atoms with E-state index >= 15 is 0 Å². The number of hydrogen-bond donors (Lipinski definition) is 1. The van der Waals surface area contributed by atoms with Crippen molar-refractivity contribution in [3.63, 3.8) is 0 Å². The molecule has 6 nitrogen and oxygen atoms in total. The van der Waals surface area contributed by atoms with Gasteiger partial charge in [0.25, 0.3) is 17.6 Å². The van der Waals surface area contributed by atoms with E-state index in [1.165, 1.54) is 0 Å². The van der Waals surface area contributed by atoms with Gasteiger partial charge < -0.3 is 14.8 Å². The van der Waals surface area contributed by atoms with Crippen molar-refractivity contribution in [2.45, 2.75) is 19.9 Å². The lowest BCUT2D eigenvalue weighted by Gasteiger charge is -2.39. The zero-order chi connectivity index (χ0) is 20.5. The van der Waals surface area contributed by atoms with E-state index < -0.39 is 11.7 Å². The first-order valence-electron chi connectivity index (χ1n) is 9.73. The van der Waals surface area contributed by atoms with Crippen LogP contribution < -0.4 is 0 Å². The fourth-order valence-electron chi connectivity index (χ4n) is 3.95. The molecule has 2 heterocycles. The van der Waals surface area contributed by atoms with Gasteiger partial charge in [-0.15, -0.1) is 0 Å². The number of benzene rings is 2. The maximum absolute atomic E-state index is 12.9. The summed E-state index contributed by atoms with van der Waals surface area (Å²) >= 11 is 0. The van der Waals surface area contributed by atoms with Gasteiger partial charge in [0.1, 0.15) is 0 Å². The molecule has 0 unspecified atom stereocenters. The average Bonchev–Trinajstić information content (AvgIpc) is 3.18. The Morgan fingerprint density at radius 2 is 1.76 bits per heavy atom. The van der Waals surface area contributed by atoms with Gasteiger partial charge in [0, 0.05) is 48.3 Å². The first-order valence-corrected chi connectivity index (χ1v) is 9.73. The molecule has 1 aliphatic heterocycles. The molecule has 6 heteroatoms. The van der Waals surface area contributed by atoms with E-state index in [4.69, 9.17) is 0 Å². The molecule has 0 spiro atoms. The van der Waals surface area contributed by atoms with Crippen LogP contribution in [0.5, 0.6) is 0 Å². The van der Waals surface area contributed by atoms with Crippen molar-refractivity contribution in [2.75, 3.05) is 19.6 Å². The molecule has 1 fully saturated rings. The number of amides is 2. The molecule has 1 saturated heterocycles. The summed E-state index contributed by atoms with van der Waals surface area (Å²) in [4.78, 5) is 45.0. The quantitative estimate of drug-likeness (QED) is 0.553. The number of fused-ring (bicyclic) bond motifs is 1. The Labute approximate surface area is 169 Å². The van der Waals surface area contributed by atoms with Crippen molar-refractivity contribution in [2.24, 2.45) is 0 Å². The summed E-state index contributed by atoms with van der Waals surface area (Å²) in [5.41, 5.74) is 2.92. The van der Waals surface area contributed by atoms with Crippen LogP contribution >= 0.6 is 0 Å². The summed E-state index contributed by atoms with van der Waals surface area (Å²) in [6.45, 7) is 4.98. The molecule has 148 valence electrons. The van der Waals surface area contributed by atoms with E-state index in [1.807, 2.05) is 50.2 Å². The van der Waals surface area contributed by atoms with Crippen molar-refractivity contribution in [1.82, 2.24) is 14.8 Å². The highest BCUT2D eigenvalue weighted by Crippen LogP contribution is 2.23. The lowest BCUT2D eigenvalue weighted by Crippen LogP contribution is -2.56. The molecule has 1 aromatic heterocycles. The van der Waals surface area contributed by atoms with Crippen LogP contribution in [-0.2, 0) is 4.79 Å². The Kier molecular flexibility index (Phi) is 4.92. The average molecular weight is 389 g/mol. The summed E-state index contributed by atoms with van der Waals surface area (Å²) in [5.74, 6) is -1.09. The van der Waals surface area contributed by atoms with E-state index in [2.05, 4.69) is 4.98 Å². The third-order valence-electron chi connectivity index (χ3n) is 5.56. The number of Topliss-reactive ketones (excluding diaryl/α,β-unsaturated/α-hetero) is 1. The Morgan fingerprint density at radius 1 is 1.00 bits per heavy atom. The highest BCUT2D eigenvalue weighted by Gasteiger charge is 2.34. The third kappa shape index (κ3) is 3.42. The standard InChI is InChI=1S/C23H23N3O3/c1-15-7-6-10-18-19(13-24-20(15)18)21(27)23(29)26-12-11-25(14-16(26)2)22(28)17-8-4-3-5-9-17/h3-10,13,16,24H,11-12,14H2,1-2H3/t16-/m1/s1. The van der Waals surface area contributed by atoms with Crippen LogP contribution in [0.25, 0.3) is 10.9 Å². The Bertz CT molecular complexity index is 1090. The molecule has 2 aromatic carbocycles. The Balaban J connectivity index is 1.49. The largest absolute Gasteiger partial charge is 0.360 e. The number of carbonyl (C=O) groups is 3. The lowest BCUT2D eigenvalue weighted by molar-refractivity contribution is -0.130. The van der Waals surface area contributed by atoms with Crippen molar-refractivity contribution < 1.29 is 14.4 Å². The number of nitrogens with zero attached hydrogens (tertiary/aromatic N) is 2. The number of carbonyl (C=O) groups excluding carboxylic acids is 3. The predicted octanol–water partition coefficient (Wildman–Crippen LogP) is 3.03. The van der Waals surface area contributed by atoms with Gasteiger partial charge in [-0.05, 0) is 31.5 Å². The molecule has 0 bridgehead atoms. The summed E-state index contributed by atoms with van der Waals surface area (Å²) in [6.07, 6.45) is 1.61. The van der Waals surface area contributed by atoms with Gasteiger partial charge in [0.2, 0.25) is 0 Å². The van der Waals surface area contributed by atoms with Crippen molar-refractivity contribution >= 4 is 28.5 Å². The van der Waals surface area contributed by atoms with E-state index in [0.29, 0.717) is 30.8 Å². The first kappa shape index (κ1) is 18.9. The second kappa shape index (κ2) is 7.54. The second-order valence-electron chi connectivity index (χ2n) is 7.49. The maximum atomic E-state index is 12.9. The van der Waals surface area contributed by atoms with Gasteiger partial charge in [0.15, 0.2) is 0 Å². The minimum atomic E-state index is -0.522. The summed E-state index contributed by atoms with van der Waals surface area (Å²) in [6, 6.07) is 14.5. The molecule has 1 atom stereocenters. The number of hydrogen-bond acceptors (Lipinski definition) is 3. The van der Waals surface area contributed by atoms with E-state index in [0.717, 1.165) is 16.5 Å². The molecule has 0 aliphatic carbocycles. The minimum Gasteiger partial charge on any atom is -0.360 e. The number of aromatic nitrogens is 1. The molecule has 2 amide bonds. The fourth-order valence-corrected chi connectivity index (χ4v) is 3.95. The van der Waals surface area contributed by atoms with Gasteiger partial charge in [0.05, 0.1) is 5.56 Å². The Morgan fingerprint density at radius 3 is 2.48 bits per heavy atom. The third-order valence-corrected chi connectivity index (χ3v) is 5.56. The molecule has 0 saturated carbocycles. The van der Waals surface area contributed by atoms with Crippen LogP contribution in [-0.4, -0.2) is 58.1 Å². The zero-order valence-corrected chi connectivity index (χ0v) is 16.5. The van der Waals surface area contributed by atoms with Crippen LogP contribution in [0, 0.1) is 6.92 Å². The number of rotatable bonds is 3. The van der Waals surface area contributed by atoms with E-state index in [9.17, 15) is 14.4 Å². The predicted molar refractivity (Wildman–Crippen MR) is 111 cm³/mol. The molecular formula is C23H23N3O3. The summed E-state index contributed by atoms with van der Waals surface area (Å²) in [5, 5.41) is 0.758. The Hall–Kier alpha value is -3.41. The summed E-state index contributed by atoms with van der Waals surface area (Å²) in [7, 11) is 0.